The van der Waals surface area contributed by atoms with E-state index in [0.717, 1.165) is 0 Å². The third kappa shape index (κ3) is 1.62. The van der Waals surface area contributed by atoms with Crippen molar-refractivity contribution >= 4 is 17.3 Å². The van der Waals surface area contributed by atoms with E-state index in [1.54, 1.807) is 20.8 Å². The first-order valence-corrected chi connectivity index (χ1v) is 6.37. The van der Waals surface area contributed by atoms with Crippen molar-refractivity contribution < 1.29 is 19.5 Å². The van der Waals surface area contributed by atoms with Gasteiger partial charge in [-0.15, -0.1) is 0 Å². The Morgan fingerprint density at radius 1 is 1.16 bits per heavy atom. The molecule has 2 aliphatic carbocycles. The van der Waals surface area contributed by atoms with Crippen LogP contribution in [0.2, 0.25) is 0 Å². The molecule has 0 aromatic rings. The number of ketones is 3. The monoisotopic (exact) mass is 262 g/mol. The fourth-order valence-electron chi connectivity index (χ4n) is 3.02. The molecule has 0 radical (unpaired) electrons. The minimum absolute atomic E-state index is 0.0572. The van der Waals surface area contributed by atoms with Crippen molar-refractivity contribution in [2.45, 2.75) is 40.5 Å². The molecule has 0 amide bonds. The van der Waals surface area contributed by atoms with E-state index >= 15 is 0 Å². The summed E-state index contributed by atoms with van der Waals surface area (Å²) in [5.74, 6) is -1.32. The number of carbonyl (C=O) groups is 3. The molecule has 1 saturated carbocycles. The van der Waals surface area contributed by atoms with Crippen molar-refractivity contribution in [3.05, 3.63) is 23.0 Å². The molecule has 1 N–H and O–H groups in total. The highest BCUT2D eigenvalue weighted by atomic mass is 16.3. The third-order valence-electron chi connectivity index (χ3n) is 4.88. The summed E-state index contributed by atoms with van der Waals surface area (Å²) >= 11 is 0. The summed E-state index contributed by atoms with van der Waals surface area (Å²) < 4.78 is 0. The van der Waals surface area contributed by atoms with Crippen molar-refractivity contribution in [3.63, 3.8) is 0 Å². The molecule has 0 spiro atoms. The molecule has 0 aliphatic heterocycles. The molecule has 4 nitrogen and oxygen atoms in total. The molecule has 0 aromatic heterocycles. The van der Waals surface area contributed by atoms with E-state index in [4.69, 9.17) is 0 Å². The van der Waals surface area contributed by atoms with Gasteiger partial charge in [-0.05, 0) is 19.4 Å². The minimum Gasteiger partial charge on any atom is -0.504 e. The lowest BCUT2D eigenvalue weighted by molar-refractivity contribution is -0.127. The van der Waals surface area contributed by atoms with Crippen LogP contribution in [0.3, 0.4) is 0 Å². The average molecular weight is 262 g/mol. The first-order chi connectivity index (χ1) is 8.63. The Morgan fingerprint density at radius 2 is 1.74 bits per heavy atom. The number of hydrogen-bond donors (Lipinski definition) is 1. The SMILES string of the molecule is CC1=CC(=O)C(C2(C)CCC(=O)C2(C)C)=C(O)C1=O. The maximum atomic E-state index is 12.2. The van der Waals surface area contributed by atoms with Gasteiger partial charge >= 0.3 is 0 Å². The second-order valence-corrected chi connectivity index (χ2v) is 6.12. The maximum Gasteiger partial charge on any atom is 0.223 e. The Morgan fingerprint density at radius 3 is 2.21 bits per heavy atom. The quantitative estimate of drug-likeness (QED) is 0.736. The number of carbonyl (C=O) groups excluding carboxylic acids is 3. The maximum absolute atomic E-state index is 12.2. The van der Waals surface area contributed by atoms with Crippen LogP contribution in [0, 0.1) is 10.8 Å². The first-order valence-electron chi connectivity index (χ1n) is 6.37. The molecule has 1 unspecified atom stereocenters. The number of Topliss-reactive ketones (excluding diaryl/α,β-unsaturated/α-hetero) is 2. The van der Waals surface area contributed by atoms with E-state index in [-0.39, 0.29) is 22.7 Å². The molecule has 1 fully saturated rings. The molecule has 0 saturated heterocycles. The molecule has 0 aromatic carbocycles. The summed E-state index contributed by atoms with van der Waals surface area (Å²) in [6.45, 7) is 6.82. The largest absolute Gasteiger partial charge is 0.504 e. The van der Waals surface area contributed by atoms with Crippen LogP contribution in [0.4, 0.5) is 0 Å². The van der Waals surface area contributed by atoms with Gasteiger partial charge in [0.15, 0.2) is 11.5 Å². The average Bonchev–Trinajstić information content (AvgIpc) is 2.51. The Kier molecular flexibility index (Phi) is 2.81. The fraction of sp³-hybridized carbons (Fsp3) is 0.533. The van der Waals surface area contributed by atoms with Crippen LogP contribution in [0.1, 0.15) is 40.5 Å². The predicted molar refractivity (Wildman–Crippen MR) is 69.6 cm³/mol. The van der Waals surface area contributed by atoms with Crippen LogP contribution >= 0.6 is 0 Å². The van der Waals surface area contributed by atoms with E-state index in [1.807, 2.05) is 0 Å². The molecule has 2 aliphatic rings. The standard InChI is InChI=1S/C15H18O4/c1-8-7-9(16)11(13(19)12(8)18)15(4)6-5-10(17)14(15,2)3/h7,19H,5-6H2,1-4H3. The zero-order chi connectivity index (χ0) is 14.6. The van der Waals surface area contributed by atoms with Gasteiger partial charge < -0.3 is 5.11 Å². The second kappa shape index (κ2) is 3.89. The summed E-state index contributed by atoms with van der Waals surface area (Å²) in [7, 11) is 0. The van der Waals surface area contributed by atoms with Crippen LogP contribution in [0.25, 0.3) is 0 Å². The number of aliphatic hydroxyl groups excluding tert-OH is 1. The first kappa shape index (κ1) is 13.7. The van der Waals surface area contributed by atoms with Crippen LogP contribution < -0.4 is 0 Å². The Bertz CT molecular complexity index is 563. The van der Waals surface area contributed by atoms with E-state index in [9.17, 15) is 19.5 Å². The van der Waals surface area contributed by atoms with E-state index in [1.165, 1.54) is 13.0 Å². The summed E-state index contributed by atoms with van der Waals surface area (Å²) in [4.78, 5) is 36.0. The zero-order valence-electron chi connectivity index (χ0n) is 11.7. The lowest BCUT2D eigenvalue weighted by Gasteiger charge is -2.39. The van der Waals surface area contributed by atoms with Gasteiger partial charge in [-0.3, -0.25) is 14.4 Å². The van der Waals surface area contributed by atoms with Gasteiger partial charge in [0.05, 0.1) is 5.57 Å². The second-order valence-electron chi connectivity index (χ2n) is 6.12. The molecule has 1 atom stereocenters. The van der Waals surface area contributed by atoms with Gasteiger partial charge in [0, 0.05) is 22.8 Å². The third-order valence-corrected chi connectivity index (χ3v) is 4.88. The van der Waals surface area contributed by atoms with Gasteiger partial charge in [0.1, 0.15) is 5.78 Å². The van der Waals surface area contributed by atoms with Crippen LogP contribution in [0.5, 0.6) is 0 Å². The van der Waals surface area contributed by atoms with Crippen molar-refractivity contribution in [1.82, 2.24) is 0 Å². The summed E-state index contributed by atoms with van der Waals surface area (Å²) in [5.41, 5.74) is -1.22. The Balaban J connectivity index is 2.62. The van der Waals surface area contributed by atoms with Gasteiger partial charge in [-0.2, -0.15) is 0 Å². The molecule has 0 heterocycles. The van der Waals surface area contributed by atoms with E-state index in [0.29, 0.717) is 12.8 Å². The van der Waals surface area contributed by atoms with E-state index < -0.39 is 22.4 Å². The van der Waals surface area contributed by atoms with E-state index in [2.05, 4.69) is 0 Å². The van der Waals surface area contributed by atoms with Crippen molar-refractivity contribution in [2.24, 2.45) is 10.8 Å². The van der Waals surface area contributed by atoms with Gasteiger partial charge in [0.2, 0.25) is 5.78 Å². The molecular formula is C15H18O4. The molecule has 0 bridgehead atoms. The number of aliphatic hydroxyl groups is 1. The molecule has 4 heteroatoms. The fourth-order valence-corrected chi connectivity index (χ4v) is 3.02. The molecular weight excluding hydrogens is 244 g/mol. The smallest absolute Gasteiger partial charge is 0.223 e. The number of allylic oxidation sites excluding steroid dienone is 3. The lowest BCUT2D eigenvalue weighted by Crippen LogP contribution is -2.40. The Hall–Kier alpha value is -1.71. The van der Waals surface area contributed by atoms with Crippen LogP contribution in [-0.4, -0.2) is 22.5 Å². The van der Waals surface area contributed by atoms with Crippen molar-refractivity contribution in [2.75, 3.05) is 0 Å². The zero-order valence-corrected chi connectivity index (χ0v) is 11.7. The van der Waals surface area contributed by atoms with Crippen molar-refractivity contribution in [1.29, 1.82) is 0 Å². The topological polar surface area (TPSA) is 71.4 Å². The molecule has 19 heavy (non-hydrogen) atoms. The summed E-state index contributed by atoms with van der Waals surface area (Å²) in [5, 5.41) is 10.1. The highest BCUT2D eigenvalue weighted by Crippen LogP contribution is 2.55. The number of rotatable bonds is 1. The molecule has 102 valence electrons. The van der Waals surface area contributed by atoms with Gasteiger partial charge in [0.25, 0.3) is 0 Å². The molecule has 2 rings (SSSR count). The van der Waals surface area contributed by atoms with Gasteiger partial charge in [-0.1, -0.05) is 20.8 Å². The van der Waals surface area contributed by atoms with Crippen LogP contribution in [-0.2, 0) is 14.4 Å². The Labute approximate surface area is 112 Å². The minimum atomic E-state index is -0.794. The van der Waals surface area contributed by atoms with Gasteiger partial charge in [-0.25, -0.2) is 0 Å². The summed E-state index contributed by atoms with van der Waals surface area (Å²) in [6, 6.07) is 0. The highest BCUT2D eigenvalue weighted by molar-refractivity contribution is 6.22. The van der Waals surface area contributed by atoms with Crippen LogP contribution in [0.15, 0.2) is 23.0 Å². The lowest BCUT2D eigenvalue weighted by atomic mass is 9.62. The van der Waals surface area contributed by atoms with Crippen molar-refractivity contribution in [3.8, 4) is 0 Å². The normalized spacial score (nSPS) is 30.9. The number of hydrogen-bond acceptors (Lipinski definition) is 4. The predicted octanol–water partition coefficient (Wildman–Crippen LogP) is 2.29. The summed E-state index contributed by atoms with van der Waals surface area (Å²) in [6.07, 6.45) is 2.09. The highest BCUT2D eigenvalue weighted by Gasteiger charge is 2.56.